The molecule has 0 unspecified atom stereocenters. The van der Waals surface area contributed by atoms with Gasteiger partial charge in [0.05, 0.1) is 67.9 Å². The molecule has 6 nitrogen and oxygen atoms in total. The van der Waals surface area contributed by atoms with Crippen LogP contribution in [0.25, 0.3) is 87.3 Å². The molecule has 0 spiro atoms. The quantitative estimate of drug-likeness (QED) is 0.177. The molecule has 0 aliphatic heterocycles. The van der Waals surface area contributed by atoms with Crippen LogP contribution < -0.4 is 0 Å². The van der Waals surface area contributed by atoms with Crippen LogP contribution in [0.4, 0.5) is 5.69 Å². The molecule has 0 aliphatic rings. The topological polar surface area (TPSA) is 66.7 Å². The maximum atomic E-state index is 11.4. The van der Waals surface area contributed by atoms with Crippen molar-refractivity contribution in [1.82, 2.24) is 13.7 Å². The molecule has 0 fully saturated rings. The van der Waals surface area contributed by atoms with E-state index in [1.807, 2.05) is 91.0 Å². The van der Waals surface area contributed by atoms with Gasteiger partial charge in [0.25, 0.3) is 0 Å². The molecule has 0 atom stereocenters. The summed E-state index contributed by atoms with van der Waals surface area (Å²) in [4.78, 5) is 4.29. The Morgan fingerprint density at radius 3 is 1.13 bits per heavy atom. The molecular weight excluding hydrogens is 637 g/mol. The number of hydrogen-bond acceptors (Lipinski definition) is 2. The Balaban J connectivity index is 1.53. The van der Waals surface area contributed by atoms with Gasteiger partial charge >= 0.3 is 0 Å². The van der Waals surface area contributed by atoms with E-state index in [1.54, 1.807) is 0 Å². The highest BCUT2D eigenvalue weighted by Gasteiger charge is 2.32. The molecule has 10 rings (SSSR count). The lowest BCUT2D eigenvalue weighted by atomic mass is 9.99. The lowest BCUT2D eigenvalue weighted by Crippen LogP contribution is -2.11. The molecule has 10 aromatic rings. The van der Waals surface area contributed by atoms with E-state index in [-0.39, 0.29) is 16.8 Å². The Morgan fingerprint density at radius 1 is 0.442 bits per heavy atom. The summed E-state index contributed by atoms with van der Waals surface area (Å²) in [6.45, 7) is 11.0. The van der Waals surface area contributed by atoms with Crippen molar-refractivity contribution in [3.63, 3.8) is 0 Å². The highest BCUT2D eigenvalue weighted by Crippen LogP contribution is 2.48. The van der Waals surface area contributed by atoms with E-state index < -0.39 is 0 Å². The third-order valence-corrected chi connectivity index (χ3v) is 10.4. The average molecular weight is 663 g/mol. The summed E-state index contributed by atoms with van der Waals surface area (Å²) in [6.07, 6.45) is 0. The molecule has 3 heterocycles. The van der Waals surface area contributed by atoms with Crippen LogP contribution in [0.3, 0.4) is 0 Å². The van der Waals surface area contributed by atoms with Crippen molar-refractivity contribution in [2.45, 2.75) is 6.92 Å². The number of fused-ring (bicyclic) bond motifs is 9. The van der Waals surface area contributed by atoms with Crippen LogP contribution in [0, 0.1) is 36.2 Å². The van der Waals surface area contributed by atoms with Gasteiger partial charge in [0.1, 0.15) is 12.1 Å². The second kappa shape index (κ2) is 11.0. The summed E-state index contributed by atoms with van der Waals surface area (Å²) in [7, 11) is 0. The Labute approximate surface area is 298 Å². The molecule has 0 radical (unpaired) electrons. The molecular formula is C46H26N6. The van der Waals surface area contributed by atoms with Gasteiger partial charge in [-0.1, -0.05) is 103 Å². The third kappa shape index (κ3) is 3.80. The SMILES string of the molecule is [C-]#[N+]c1c(-n2c3ccccc3c3ccccc32)c(C#N)c(-n2c3ccccc3c3ccccc32)c(C#N)c1-n1c2ccccc2c2cc(C)ccc21. The monoisotopic (exact) mass is 662 g/mol. The number of nitriles is 2. The van der Waals surface area contributed by atoms with Crippen molar-refractivity contribution in [1.29, 1.82) is 10.5 Å². The number of para-hydroxylation sites is 5. The van der Waals surface area contributed by atoms with Gasteiger partial charge in [-0.2, -0.15) is 10.5 Å². The van der Waals surface area contributed by atoms with E-state index in [2.05, 4.69) is 86.1 Å². The van der Waals surface area contributed by atoms with Crippen LogP contribution in [-0.4, -0.2) is 13.7 Å². The fourth-order valence-electron chi connectivity index (χ4n) is 8.33. The van der Waals surface area contributed by atoms with Crippen LogP contribution in [0.15, 0.2) is 140 Å². The summed E-state index contributed by atoms with van der Waals surface area (Å²) >= 11 is 0. The van der Waals surface area contributed by atoms with Crippen LogP contribution in [0.2, 0.25) is 0 Å². The van der Waals surface area contributed by atoms with Crippen molar-refractivity contribution in [2.75, 3.05) is 0 Å². The van der Waals surface area contributed by atoms with Gasteiger partial charge in [-0.05, 0) is 49.4 Å². The number of nitrogens with zero attached hydrogens (tertiary/aromatic N) is 6. The summed E-state index contributed by atoms with van der Waals surface area (Å²) < 4.78 is 6.16. The largest absolute Gasteiger partial charge is 0.318 e. The Hall–Kier alpha value is -7.59. The maximum absolute atomic E-state index is 11.4. The summed E-state index contributed by atoms with van der Waals surface area (Å²) in [5.41, 5.74) is 8.38. The van der Waals surface area contributed by atoms with E-state index in [9.17, 15) is 10.5 Å². The fraction of sp³-hybridized carbons (Fsp3) is 0.0217. The Morgan fingerprint density at radius 2 is 0.769 bits per heavy atom. The number of aryl methyl sites for hydroxylation is 1. The predicted molar refractivity (Wildman–Crippen MR) is 210 cm³/mol. The minimum atomic E-state index is 0.229. The first-order chi connectivity index (χ1) is 25.6. The van der Waals surface area contributed by atoms with E-state index >= 15 is 0 Å². The lowest BCUT2D eigenvalue weighted by molar-refractivity contribution is 1.08. The summed E-state index contributed by atoms with van der Waals surface area (Å²) in [5, 5.41) is 28.9. The highest BCUT2D eigenvalue weighted by atomic mass is 15.1. The normalized spacial score (nSPS) is 11.5. The minimum Gasteiger partial charge on any atom is -0.318 e. The highest BCUT2D eigenvalue weighted by molar-refractivity contribution is 6.14. The molecule has 0 amide bonds. The third-order valence-electron chi connectivity index (χ3n) is 10.4. The number of rotatable bonds is 3. The van der Waals surface area contributed by atoms with Crippen LogP contribution in [0.1, 0.15) is 16.7 Å². The van der Waals surface area contributed by atoms with Crippen molar-refractivity contribution >= 4 is 71.1 Å². The fourth-order valence-corrected chi connectivity index (χ4v) is 8.33. The molecule has 0 aliphatic carbocycles. The van der Waals surface area contributed by atoms with Gasteiger partial charge in [0.2, 0.25) is 5.69 Å². The number of benzene rings is 7. The molecule has 0 N–H and O–H groups in total. The zero-order chi connectivity index (χ0) is 35.1. The molecule has 0 bridgehead atoms. The second-order valence-electron chi connectivity index (χ2n) is 13.1. The Bertz CT molecular complexity index is 3030. The van der Waals surface area contributed by atoms with Crippen molar-refractivity contribution in [3.8, 4) is 29.2 Å². The van der Waals surface area contributed by atoms with E-state index in [0.29, 0.717) is 17.1 Å². The minimum absolute atomic E-state index is 0.229. The molecule has 6 heteroatoms. The first-order valence-electron chi connectivity index (χ1n) is 17.0. The van der Waals surface area contributed by atoms with Crippen LogP contribution in [-0.2, 0) is 0 Å². The van der Waals surface area contributed by atoms with Crippen molar-refractivity contribution in [3.05, 3.63) is 168 Å². The molecule has 52 heavy (non-hydrogen) atoms. The van der Waals surface area contributed by atoms with Crippen LogP contribution >= 0.6 is 0 Å². The van der Waals surface area contributed by atoms with Crippen molar-refractivity contribution < 1.29 is 0 Å². The van der Waals surface area contributed by atoms with Gasteiger partial charge in [-0.15, -0.1) is 0 Å². The molecule has 0 saturated heterocycles. The Kier molecular flexibility index (Phi) is 6.18. The lowest BCUT2D eigenvalue weighted by Gasteiger charge is -2.23. The van der Waals surface area contributed by atoms with E-state index in [1.165, 1.54) is 0 Å². The molecule has 7 aromatic carbocycles. The van der Waals surface area contributed by atoms with Gasteiger partial charge in [-0.25, -0.2) is 4.85 Å². The smallest absolute Gasteiger partial charge is 0.236 e. The summed E-state index contributed by atoms with van der Waals surface area (Å²) in [5.74, 6) is 0. The molecule has 3 aromatic heterocycles. The predicted octanol–water partition coefficient (Wildman–Crippen LogP) is 11.6. The summed E-state index contributed by atoms with van der Waals surface area (Å²) in [6, 6.07) is 51.9. The number of hydrogen-bond donors (Lipinski definition) is 0. The second-order valence-corrected chi connectivity index (χ2v) is 13.1. The van der Waals surface area contributed by atoms with Crippen molar-refractivity contribution in [2.24, 2.45) is 0 Å². The number of aromatic nitrogens is 3. The van der Waals surface area contributed by atoms with Gasteiger partial charge in [-0.3, -0.25) is 0 Å². The standard InChI is InChI=1S/C46H26N6/c1-28-23-24-42-34(25-28)33-17-7-12-22-41(33)52(42)46-36(27-48)44(50-37-18-8-3-13-29(37)30-14-4-9-19-38(30)50)35(26-47)45(43(46)49-2)51-39-20-10-5-15-31(39)32-16-6-11-21-40(32)51/h3-25H,1H3. The first-order valence-corrected chi connectivity index (χ1v) is 17.0. The van der Waals surface area contributed by atoms with Gasteiger partial charge in [0, 0.05) is 32.3 Å². The maximum Gasteiger partial charge on any atom is 0.236 e. The average Bonchev–Trinajstić information content (AvgIpc) is 3.82. The molecule has 0 saturated carbocycles. The molecule has 240 valence electrons. The van der Waals surface area contributed by atoms with Crippen LogP contribution in [0.5, 0.6) is 0 Å². The first kappa shape index (κ1) is 29.3. The van der Waals surface area contributed by atoms with Gasteiger partial charge < -0.3 is 13.7 Å². The zero-order valence-electron chi connectivity index (χ0n) is 28.0. The van der Waals surface area contributed by atoms with E-state index in [0.717, 1.165) is 71.0 Å². The zero-order valence-corrected chi connectivity index (χ0v) is 28.0. The van der Waals surface area contributed by atoms with Gasteiger partial charge in [0.15, 0.2) is 0 Å². The van der Waals surface area contributed by atoms with E-state index in [4.69, 9.17) is 6.57 Å².